The average Bonchev–Trinajstić information content (AvgIpc) is 2.91. The molecule has 0 N–H and O–H groups in total. The number of para-hydroxylation sites is 2. The summed E-state index contributed by atoms with van der Waals surface area (Å²) in [6.07, 6.45) is 3.40. The number of hydrogen-bond acceptors (Lipinski definition) is 3. The van der Waals surface area contributed by atoms with Crippen LogP contribution in [0.25, 0.3) is 16.6 Å². The molecule has 3 aromatic carbocycles. The van der Waals surface area contributed by atoms with E-state index in [0.29, 0.717) is 35.3 Å². The van der Waals surface area contributed by atoms with Gasteiger partial charge in [-0.25, -0.2) is 4.98 Å². The molecule has 5 heteroatoms. The van der Waals surface area contributed by atoms with Crippen molar-refractivity contribution < 1.29 is 4.79 Å². The quantitative estimate of drug-likeness (QED) is 0.289. The Bertz CT molecular complexity index is 1340. The van der Waals surface area contributed by atoms with Crippen LogP contribution in [0, 0.1) is 0 Å². The number of carbonyl (C=O) groups excluding carboxylic acids is 1. The Kier molecular flexibility index (Phi) is 7.76. The summed E-state index contributed by atoms with van der Waals surface area (Å²) >= 11 is 0. The first-order valence-corrected chi connectivity index (χ1v) is 12.6. The Labute approximate surface area is 207 Å². The van der Waals surface area contributed by atoms with Gasteiger partial charge in [-0.05, 0) is 61.2 Å². The van der Waals surface area contributed by atoms with Crippen molar-refractivity contribution in [1.29, 1.82) is 0 Å². The van der Waals surface area contributed by atoms with Crippen LogP contribution in [-0.4, -0.2) is 26.9 Å². The van der Waals surface area contributed by atoms with E-state index in [-0.39, 0.29) is 17.5 Å². The van der Waals surface area contributed by atoms with Crippen LogP contribution in [0.2, 0.25) is 0 Å². The van der Waals surface area contributed by atoms with Crippen LogP contribution >= 0.6 is 0 Å². The number of benzene rings is 3. The first kappa shape index (κ1) is 24.4. The van der Waals surface area contributed by atoms with Gasteiger partial charge in [0.2, 0.25) is 0 Å². The molecule has 0 saturated heterocycles. The molecule has 1 heterocycles. The minimum atomic E-state index is -0.350. The zero-order valence-electron chi connectivity index (χ0n) is 20.8. The van der Waals surface area contributed by atoms with Gasteiger partial charge in [0, 0.05) is 12.1 Å². The molecule has 0 radical (unpaired) electrons. The molecule has 0 bridgehead atoms. The van der Waals surface area contributed by atoms with E-state index in [1.165, 1.54) is 5.56 Å². The number of fused-ring (bicyclic) bond motifs is 1. The zero-order valence-corrected chi connectivity index (χ0v) is 20.8. The van der Waals surface area contributed by atoms with E-state index in [4.69, 9.17) is 4.98 Å². The summed E-state index contributed by atoms with van der Waals surface area (Å²) in [5, 5.41) is 0.566. The number of aromatic nitrogens is 2. The first-order valence-electron chi connectivity index (χ1n) is 12.6. The third kappa shape index (κ3) is 5.04. The third-order valence-corrected chi connectivity index (χ3v) is 6.50. The van der Waals surface area contributed by atoms with Crippen LogP contribution in [0.5, 0.6) is 0 Å². The van der Waals surface area contributed by atoms with Crippen LogP contribution in [0.3, 0.4) is 0 Å². The molecule has 0 aliphatic rings. The summed E-state index contributed by atoms with van der Waals surface area (Å²) in [5.74, 6) is 0.562. The summed E-state index contributed by atoms with van der Waals surface area (Å²) in [7, 11) is 0. The summed E-state index contributed by atoms with van der Waals surface area (Å²) in [4.78, 5) is 34.5. The van der Waals surface area contributed by atoms with Crippen molar-refractivity contribution in [1.82, 2.24) is 14.5 Å². The van der Waals surface area contributed by atoms with Crippen LogP contribution in [0.1, 0.15) is 67.8 Å². The molecule has 0 fully saturated rings. The lowest BCUT2D eigenvalue weighted by molar-refractivity contribution is 0.0656. The second kappa shape index (κ2) is 11.1. The number of hydrogen-bond donors (Lipinski definition) is 0. The molecule has 1 amide bonds. The van der Waals surface area contributed by atoms with Crippen molar-refractivity contribution in [3.05, 3.63) is 106 Å². The topological polar surface area (TPSA) is 55.2 Å². The largest absolute Gasteiger partial charge is 0.328 e. The van der Waals surface area contributed by atoms with E-state index in [1.807, 2.05) is 90.7 Å². The molecule has 4 rings (SSSR count). The van der Waals surface area contributed by atoms with Gasteiger partial charge in [0.25, 0.3) is 11.5 Å². The Hall–Kier alpha value is -3.73. The van der Waals surface area contributed by atoms with Crippen LogP contribution < -0.4 is 5.56 Å². The molecule has 4 aromatic rings. The van der Waals surface area contributed by atoms with Crippen LogP contribution in [0.4, 0.5) is 0 Å². The fourth-order valence-corrected chi connectivity index (χ4v) is 4.52. The maximum atomic E-state index is 13.8. The maximum Gasteiger partial charge on any atom is 0.266 e. The smallest absolute Gasteiger partial charge is 0.266 e. The molecular weight excluding hydrogens is 434 g/mol. The molecule has 180 valence electrons. The van der Waals surface area contributed by atoms with E-state index in [9.17, 15) is 9.59 Å². The Morgan fingerprint density at radius 3 is 2.26 bits per heavy atom. The number of aryl methyl sites for hydroxylation is 1. The third-order valence-electron chi connectivity index (χ3n) is 6.50. The predicted molar refractivity (Wildman–Crippen MR) is 142 cm³/mol. The number of unbranched alkanes of at least 4 members (excludes halogenated alkanes) is 1. The van der Waals surface area contributed by atoms with E-state index < -0.39 is 0 Å². The summed E-state index contributed by atoms with van der Waals surface area (Å²) in [6.45, 7) is 6.87. The minimum Gasteiger partial charge on any atom is -0.328 e. The summed E-state index contributed by atoms with van der Waals surface area (Å²) in [6, 6.07) is 24.5. The Morgan fingerprint density at radius 2 is 1.60 bits per heavy atom. The molecule has 0 aliphatic carbocycles. The van der Waals surface area contributed by atoms with Crippen molar-refractivity contribution in [2.75, 3.05) is 6.54 Å². The van der Waals surface area contributed by atoms with Gasteiger partial charge in [-0.15, -0.1) is 0 Å². The molecule has 0 spiro atoms. The fraction of sp³-hybridized carbons (Fsp3) is 0.300. The number of amides is 1. The standard InChI is InChI=1S/C30H33N3O2/c1-4-7-21-32(29(34)23-19-17-22(5-2)18-20-23)27(6-3)28-31-26-16-12-11-15-25(26)30(35)33(28)24-13-9-8-10-14-24/h8-20,27H,4-7,21H2,1-3H3. The van der Waals surface area contributed by atoms with E-state index in [0.717, 1.165) is 24.9 Å². The van der Waals surface area contributed by atoms with E-state index >= 15 is 0 Å². The highest BCUT2D eigenvalue weighted by atomic mass is 16.2. The van der Waals surface area contributed by atoms with Gasteiger partial charge in [-0.2, -0.15) is 0 Å². The van der Waals surface area contributed by atoms with Crippen molar-refractivity contribution >= 4 is 16.8 Å². The maximum absolute atomic E-state index is 13.8. The molecule has 0 saturated carbocycles. The molecule has 0 aliphatic heterocycles. The zero-order chi connectivity index (χ0) is 24.8. The minimum absolute atomic E-state index is 0.0324. The fourth-order valence-electron chi connectivity index (χ4n) is 4.52. The molecule has 5 nitrogen and oxygen atoms in total. The van der Waals surface area contributed by atoms with Gasteiger partial charge in [0.05, 0.1) is 22.6 Å². The monoisotopic (exact) mass is 467 g/mol. The van der Waals surface area contributed by atoms with E-state index in [1.54, 1.807) is 4.57 Å². The second-order valence-electron chi connectivity index (χ2n) is 8.79. The highest BCUT2D eigenvalue weighted by Gasteiger charge is 2.29. The van der Waals surface area contributed by atoms with Gasteiger partial charge in [-0.1, -0.05) is 69.7 Å². The lowest BCUT2D eigenvalue weighted by Crippen LogP contribution is -2.39. The lowest BCUT2D eigenvalue weighted by atomic mass is 10.1. The highest BCUT2D eigenvalue weighted by molar-refractivity contribution is 5.94. The van der Waals surface area contributed by atoms with Gasteiger partial charge < -0.3 is 4.90 Å². The van der Waals surface area contributed by atoms with Crippen molar-refractivity contribution in [3.8, 4) is 5.69 Å². The van der Waals surface area contributed by atoms with Crippen molar-refractivity contribution in [2.45, 2.75) is 52.5 Å². The number of nitrogens with zero attached hydrogens (tertiary/aromatic N) is 3. The lowest BCUT2D eigenvalue weighted by Gasteiger charge is -2.32. The molecule has 1 atom stereocenters. The normalized spacial score (nSPS) is 12.0. The van der Waals surface area contributed by atoms with Gasteiger partial charge >= 0.3 is 0 Å². The average molecular weight is 468 g/mol. The van der Waals surface area contributed by atoms with Gasteiger partial charge in [0.1, 0.15) is 5.82 Å². The Balaban J connectivity index is 1.89. The molecule has 35 heavy (non-hydrogen) atoms. The van der Waals surface area contributed by atoms with Crippen molar-refractivity contribution in [2.24, 2.45) is 0 Å². The Morgan fingerprint density at radius 1 is 0.914 bits per heavy atom. The van der Waals surface area contributed by atoms with Gasteiger partial charge in [0.15, 0.2) is 0 Å². The SMILES string of the molecule is CCCCN(C(=O)c1ccc(CC)cc1)C(CC)c1nc2ccccc2c(=O)n1-c1ccccc1. The summed E-state index contributed by atoms with van der Waals surface area (Å²) < 4.78 is 1.68. The summed E-state index contributed by atoms with van der Waals surface area (Å²) in [5.41, 5.74) is 3.13. The second-order valence-corrected chi connectivity index (χ2v) is 8.79. The predicted octanol–water partition coefficient (Wildman–Crippen LogP) is 6.34. The molecular formula is C30H33N3O2. The molecule has 1 unspecified atom stereocenters. The van der Waals surface area contributed by atoms with E-state index in [2.05, 4.69) is 13.8 Å². The van der Waals surface area contributed by atoms with Gasteiger partial charge in [-0.3, -0.25) is 14.2 Å². The van der Waals surface area contributed by atoms with Crippen LogP contribution in [-0.2, 0) is 6.42 Å². The highest BCUT2D eigenvalue weighted by Crippen LogP contribution is 2.28. The molecule has 1 aromatic heterocycles. The number of carbonyl (C=O) groups is 1. The number of rotatable bonds is 9. The van der Waals surface area contributed by atoms with Crippen molar-refractivity contribution in [3.63, 3.8) is 0 Å². The van der Waals surface area contributed by atoms with Crippen LogP contribution in [0.15, 0.2) is 83.7 Å². The first-order chi connectivity index (χ1) is 17.1.